The molecule has 2 aliphatic rings. The summed E-state index contributed by atoms with van der Waals surface area (Å²) in [5.74, 6) is 0.720. The number of urea groups is 1. The van der Waals surface area contributed by atoms with Gasteiger partial charge in [0.25, 0.3) is 0 Å². The zero-order chi connectivity index (χ0) is 20.5. The van der Waals surface area contributed by atoms with Gasteiger partial charge in [-0.25, -0.2) is 9.69 Å². The van der Waals surface area contributed by atoms with E-state index in [1.54, 1.807) is 30.5 Å². The Hall–Kier alpha value is -2.80. The zero-order valence-electron chi connectivity index (χ0n) is 16.0. The van der Waals surface area contributed by atoms with Gasteiger partial charge in [0.15, 0.2) is 0 Å². The van der Waals surface area contributed by atoms with E-state index in [9.17, 15) is 9.59 Å². The molecule has 0 aromatic heterocycles. The van der Waals surface area contributed by atoms with Crippen molar-refractivity contribution < 1.29 is 14.3 Å². The molecule has 1 aliphatic carbocycles. The number of nitrogens with one attached hydrogen (secondary N) is 3. The van der Waals surface area contributed by atoms with E-state index >= 15 is 0 Å². The highest BCUT2D eigenvalue weighted by Crippen LogP contribution is 2.24. The van der Waals surface area contributed by atoms with Gasteiger partial charge in [-0.2, -0.15) is 0 Å². The quantitative estimate of drug-likeness (QED) is 0.359. The third kappa shape index (κ3) is 5.85. The number of carbonyl (C=O) groups excluding carboxylic acids is 2. The van der Waals surface area contributed by atoms with Gasteiger partial charge in [-0.15, -0.1) is 0 Å². The molecule has 3 N–H and O–H groups in total. The summed E-state index contributed by atoms with van der Waals surface area (Å²) >= 11 is 6.21. The Morgan fingerprint density at radius 1 is 1.46 bits per heavy atom. The van der Waals surface area contributed by atoms with Gasteiger partial charge in [-0.05, 0) is 38.5 Å². The largest absolute Gasteiger partial charge is 0.495 e. The first-order valence-electron chi connectivity index (χ1n) is 9.08. The molecule has 0 fully saturated rings. The Morgan fingerprint density at radius 3 is 2.93 bits per heavy atom. The molecule has 2 rings (SSSR count). The van der Waals surface area contributed by atoms with Crippen molar-refractivity contribution in [3.8, 4) is 0 Å². The molecule has 1 aliphatic heterocycles. The Balaban J connectivity index is 2.40. The smallest absolute Gasteiger partial charge is 0.328 e. The highest BCUT2D eigenvalue weighted by Gasteiger charge is 2.26. The molecule has 0 unspecified atom stereocenters. The highest BCUT2D eigenvalue weighted by molar-refractivity contribution is 6.36. The van der Waals surface area contributed by atoms with Crippen LogP contribution >= 0.6 is 11.6 Å². The maximum Gasteiger partial charge on any atom is 0.328 e. The van der Waals surface area contributed by atoms with Gasteiger partial charge in [-0.1, -0.05) is 23.8 Å². The van der Waals surface area contributed by atoms with E-state index in [1.807, 2.05) is 19.9 Å². The van der Waals surface area contributed by atoms with Crippen molar-refractivity contribution >= 4 is 29.8 Å². The summed E-state index contributed by atoms with van der Waals surface area (Å²) < 4.78 is 5.79. The number of nitrogens with zero attached hydrogens (tertiary/aromatic N) is 1. The van der Waals surface area contributed by atoms with Crippen LogP contribution in [0.3, 0.4) is 0 Å². The van der Waals surface area contributed by atoms with E-state index in [1.165, 1.54) is 4.90 Å². The third-order valence-corrected chi connectivity index (χ3v) is 4.17. The molecule has 150 valence electrons. The second-order valence-corrected chi connectivity index (χ2v) is 6.79. The summed E-state index contributed by atoms with van der Waals surface area (Å²) in [6, 6.07) is -0.586. The molecule has 0 spiro atoms. The van der Waals surface area contributed by atoms with E-state index in [4.69, 9.17) is 21.7 Å². The van der Waals surface area contributed by atoms with Crippen LogP contribution in [-0.2, 0) is 9.53 Å². The molecular formula is C20H25ClN4O3. The van der Waals surface area contributed by atoms with E-state index in [-0.39, 0.29) is 18.5 Å². The van der Waals surface area contributed by atoms with Crippen LogP contribution in [0.1, 0.15) is 26.7 Å². The number of aldehydes is 1. The average molecular weight is 405 g/mol. The summed E-state index contributed by atoms with van der Waals surface area (Å²) in [7, 11) is 0. The molecule has 0 aromatic carbocycles. The van der Waals surface area contributed by atoms with Gasteiger partial charge in [0, 0.05) is 24.7 Å². The summed E-state index contributed by atoms with van der Waals surface area (Å²) in [4.78, 5) is 24.6. The maximum atomic E-state index is 12.7. The maximum absolute atomic E-state index is 12.7. The first-order chi connectivity index (χ1) is 13.4. The molecule has 0 saturated heterocycles. The summed E-state index contributed by atoms with van der Waals surface area (Å²) in [6.07, 6.45) is 12.7. The second kappa shape index (κ2) is 10.5. The van der Waals surface area contributed by atoms with Crippen molar-refractivity contribution in [1.29, 1.82) is 5.41 Å². The lowest BCUT2D eigenvalue weighted by Crippen LogP contribution is -2.44. The van der Waals surface area contributed by atoms with Crippen LogP contribution in [0.5, 0.6) is 0 Å². The number of amidine groups is 1. The number of rotatable bonds is 6. The topological polar surface area (TPSA) is 94.5 Å². The lowest BCUT2D eigenvalue weighted by atomic mass is 10.1. The van der Waals surface area contributed by atoms with Gasteiger partial charge >= 0.3 is 6.03 Å². The molecule has 0 radical (unpaired) electrons. The number of halogens is 1. The number of hydrogen-bond acceptors (Lipinski definition) is 5. The molecule has 2 amide bonds. The molecule has 28 heavy (non-hydrogen) atoms. The Bertz CT molecular complexity index is 778. The van der Waals surface area contributed by atoms with Crippen LogP contribution in [0.2, 0.25) is 0 Å². The molecular weight excluding hydrogens is 380 g/mol. The van der Waals surface area contributed by atoms with E-state index in [0.29, 0.717) is 29.1 Å². The van der Waals surface area contributed by atoms with Crippen LogP contribution in [0.25, 0.3) is 0 Å². The fraction of sp³-hybridized carbons (Fsp3) is 0.350. The molecule has 7 nitrogen and oxygen atoms in total. The summed E-state index contributed by atoms with van der Waals surface area (Å²) in [5, 5.41) is 14.4. The van der Waals surface area contributed by atoms with Crippen LogP contribution in [0, 0.1) is 5.41 Å². The van der Waals surface area contributed by atoms with Gasteiger partial charge in [-0.3, -0.25) is 5.41 Å². The second-order valence-electron chi connectivity index (χ2n) is 6.39. The van der Waals surface area contributed by atoms with Crippen molar-refractivity contribution in [2.24, 2.45) is 0 Å². The minimum Gasteiger partial charge on any atom is -0.495 e. The summed E-state index contributed by atoms with van der Waals surface area (Å²) in [6.45, 7) is 4.25. The monoisotopic (exact) mass is 404 g/mol. The zero-order valence-corrected chi connectivity index (χ0v) is 16.8. The van der Waals surface area contributed by atoms with Crippen LogP contribution in [-0.4, -0.2) is 42.2 Å². The van der Waals surface area contributed by atoms with Crippen molar-refractivity contribution in [3.63, 3.8) is 0 Å². The van der Waals surface area contributed by atoms with Gasteiger partial charge in [0.05, 0.1) is 29.1 Å². The molecule has 0 atom stereocenters. The van der Waals surface area contributed by atoms with E-state index in [2.05, 4.69) is 10.6 Å². The Morgan fingerprint density at radius 2 is 2.25 bits per heavy atom. The molecule has 8 heteroatoms. The molecule has 0 bridgehead atoms. The molecule has 0 saturated carbocycles. The van der Waals surface area contributed by atoms with Crippen LogP contribution in [0.15, 0.2) is 58.6 Å². The number of dihydropyridines is 1. The van der Waals surface area contributed by atoms with Gasteiger partial charge in [0.2, 0.25) is 0 Å². The van der Waals surface area contributed by atoms with Crippen LogP contribution < -0.4 is 10.6 Å². The predicted molar refractivity (Wildman–Crippen MR) is 110 cm³/mol. The van der Waals surface area contributed by atoms with Gasteiger partial charge < -0.3 is 20.2 Å². The van der Waals surface area contributed by atoms with E-state index in [0.717, 1.165) is 18.6 Å². The van der Waals surface area contributed by atoms with Gasteiger partial charge in [0.1, 0.15) is 12.1 Å². The third-order valence-electron chi connectivity index (χ3n) is 3.86. The first kappa shape index (κ1) is 21.5. The van der Waals surface area contributed by atoms with Crippen molar-refractivity contribution in [1.82, 2.24) is 15.5 Å². The lowest BCUT2D eigenvalue weighted by Gasteiger charge is -2.27. The Labute approximate surface area is 169 Å². The number of hydrogen-bond donors (Lipinski definition) is 3. The first-order valence-corrected chi connectivity index (χ1v) is 9.46. The average Bonchev–Trinajstić information content (AvgIpc) is 2.64. The minimum absolute atomic E-state index is 0.0423. The standard InChI is InChI=1S/C20H25ClN4O3/c1-14(2)28-16-6-4-3-5-15(7-8-16)25(20(27)24-11-12-26)19(22)17-9-10-23-13-18(17)21/h3,5,7-9,12-14,22-23H,4,6,10-11H2,1-2H3,(H,24,27)/b5-3-,15-7+,16-8+,22-19?. The number of ether oxygens (including phenoxy) is 1. The van der Waals surface area contributed by atoms with Crippen molar-refractivity contribution in [2.45, 2.75) is 32.8 Å². The normalized spacial score (nSPS) is 21.3. The van der Waals surface area contributed by atoms with Crippen molar-refractivity contribution in [2.75, 3.05) is 13.1 Å². The number of carbonyl (C=O) groups is 2. The molecule has 0 aromatic rings. The number of amides is 2. The van der Waals surface area contributed by atoms with Crippen molar-refractivity contribution in [3.05, 3.63) is 58.6 Å². The fourth-order valence-electron chi connectivity index (χ4n) is 2.67. The number of allylic oxidation sites excluding steroid dienone is 5. The van der Waals surface area contributed by atoms with Crippen LogP contribution in [0.4, 0.5) is 4.79 Å². The summed E-state index contributed by atoms with van der Waals surface area (Å²) in [5.41, 5.74) is 0.905. The fourth-order valence-corrected chi connectivity index (χ4v) is 2.91. The SMILES string of the molecule is CC(C)O/C1=C/C=C(N(C(=N)C2=CCNC=C2Cl)C(=O)NCC=O)\C=C/CC1. The molecule has 1 heterocycles. The minimum atomic E-state index is -0.586. The Kier molecular flexibility index (Phi) is 8.07. The highest BCUT2D eigenvalue weighted by atomic mass is 35.5. The lowest BCUT2D eigenvalue weighted by molar-refractivity contribution is -0.107. The predicted octanol–water partition coefficient (Wildman–Crippen LogP) is 3.33. The van der Waals surface area contributed by atoms with E-state index < -0.39 is 6.03 Å².